The van der Waals surface area contributed by atoms with Crippen molar-refractivity contribution in [1.82, 2.24) is 5.32 Å². The molecule has 0 aliphatic rings. The summed E-state index contributed by atoms with van der Waals surface area (Å²) in [4.78, 5) is 33.6. The van der Waals surface area contributed by atoms with E-state index in [-0.39, 0.29) is 21.7 Å². The lowest BCUT2D eigenvalue weighted by atomic mass is 10.2. The molecule has 2 aromatic rings. The average molecular weight is 433 g/mol. The average Bonchev–Trinajstić information content (AvgIpc) is 2.68. The number of nitro benzene ring substituents is 1. The number of amides is 2. The molecule has 0 aromatic heterocycles. The molecule has 0 aliphatic heterocycles. The number of carbonyl (C=O) groups excluding carboxylic acids is 2. The molecule has 8 nitrogen and oxygen atoms in total. The third-order valence-corrected chi connectivity index (χ3v) is 4.10. The first-order valence-corrected chi connectivity index (χ1v) is 9.21. The molecule has 2 amide bonds. The number of halogens is 1. The summed E-state index contributed by atoms with van der Waals surface area (Å²) in [6.07, 6.45) is 3.03. The van der Waals surface area contributed by atoms with Crippen molar-refractivity contribution in [2.45, 2.75) is 13.3 Å². The fourth-order valence-corrected chi connectivity index (χ4v) is 2.56. The number of thiocarbonyl (C=S) groups is 1. The van der Waals surface area contributed by atoms with Gasteiger partial charge in [0, 0.05) is 29.9 Å². The maximum Gasteiger partial charge on any atom is 0.288 e. The Morgan fingerprint density at radius 2 is 1.76 bits per heavy atom. The van der Waals surface area contributed by atoms with Crippen LogP contribution >= 0.6 is 23.8 Å². The SMILES string of the molecule is CCC(=O)NC(=S)Nc1ccc(NC(=O)C=Cc2ccc(Cl)c([N+](=O)[O-])c2)cc1. The van der Waals surface area contributed by atoms with Crippen molar-refractivity contribution in [3.05, 3.63) is 69.2 Å². The first kappa shape index (κ1) is 22.0. The van der Waals surface area contributed by atoms with E-state index in [9.17, 15) is 19.7 Å². The molecule has 0 spiro atoms. The van der Waals surface area contributed by atoms with E-state index in [4.69, 9.17) is 23.8 Å². The van der Waals surface area contributed by atoms with Crippen LogP contribution < -0.4 is 16.0 Å². The molecule has 29 heavy (non-hydrogen) atoms. The van der Waals surface area contributed by atoms with Gasteiger partial charge >= 0.3 is 0 Å². The van der Waals surface area contributed by atoms with Crippen molar-refractivity contribution in [1.29, 1.82) is 0 Å². The zero-order valence-corrected chi connectivity index (χ0v) is 16.8. The zero-order chi connectivity index (χ0) is 21.4. The Morgan fingerprint density at radius 3 is 2.34 bits per heavy atom. The second-order valence-electron chi connectivity index (χ2n) is 5.72. The monoisotopic (exact) mass is 432 g/mol. The smallest absolute Gasteiger partial charge is 0.288 e. The number of hydrogen-bond acceptors (Lipinski definition) is 5. The molecular formula is C19H17ClN4O4S. The topological polar surface area (TPSA) is 113 Å². The van der Waals surface area contributed by atoms with E-state index >= 15 is 0 Å². The number of benzene rings is 2. The van der Waals surface area contributed by atoms with Crippen LogP contribution in [-0.2, 0) is 9.59 Å². The summed E-state index contributed by atoms with van der Waals surface area (Å²) in [6.45, 7) is 1.72. The number of hydrogen-bond donors (Lipinski definition) is 3. The predicted octanol–water partition coefficient (Wildman–Crippen LogP) is 4.12. The number of carbonyl (C=O) groups is 2. The van der Waals surface area contributed by atoms with Crippen molar-refractivity contribution in [3.8, 4) is 0 Å². The molecule has 0 fully saturated rings. The molecule has 0 bridgehead atoms. The van der Waals surface area contributed by atoms with Gasteiger partial charge in [0.15, 0.2) is 5.11 Å². The van der Waals surface area contributed by atoms with E-state index < -0.39 is 10.8 Å². The Morgan fingerprint density at radius 1 is 1.14 bits per heavy atom. The quantitative estimate of drug-likeness (QED) is 0.274. The normalized spacial score (nSPS) is 10.4. The van der Waals surface area contributed by atoms with Crippen LogP contribution in [0.2, 0.25) is 5.02 Å². The van der Waals surface area contributed by atoms with Crippen LogP contribution in [0.5, 0.6) is 0 Å². The summed E-state index contributed by atoms with van der Waals surface area (Å²) in [5.41, 5.74) is 1.42. The third-order valence-electron chi connectivity index (χ3n) is 3.58. The minimum absolute atomic E-state index is 0.0269. The maximum atomic E-state index is 12.0. The predicted molar refractivity (Wildman–Crippen MR) is 117 cm³/mol. The summed E-state index contributed by atoms with van der Waals surface area (Å²) < 4.78 is 0. The molecular weight excluding hydrogens is 416 g/mol. The second-order valence-corrected chi connectivity index (χ2v) is 6.54. The summed E-state index contributed by atoms with van der Waals surface area (Å²) >= 11 is 10.8. The van der Waals surface area contributed by atoms with Crippen molar-refractivity contribution in [2.75, 3.05) is 10.6 Å². The van der Waals surface area contributed by atoms with Gasteiger partial charge in [-0.1, -0.05) is 24.6 Å². The maximum absolute atomic E-state index is 12.0. The van der Waals surface area contributed by atoms with E-state index in [1.807, 2.05) is 0 Å². The molecule has 10 heteroatoms. The molecule has 2 rings (SSSR count). The van der Waals surface area contributed by atoms with Gasteiger partial charge in [-0.05, 0) is 54.2 Å². The van der Waals surface area contributed by atoms with Crippen molar-refractivity contribution >= 4 is 63.9 Å². The highest BCUT2D eigenvalue weighted by Gasteiger charge is 2.11. The molecule has 0 atom stereocenters. The van der Waals surface area contributed by atoms with Crippen LogP contribution in [0, 0.1) is 10.1 Å². The minimum Gasteiger partial charge on any atom is -0.332 e. The van der Waals surface area contributed by atoms with Crippen molar-refractivity contribution in [3.63, 3.8) is 0 Å². The zero-order valence-electron chi connectivity index (χ0n) is 15.3. The molecule has 0 unspecified atom stereocenters. The van der Waals surface area contributed by atoms with Crippen LogP contribution in [-0.4, -0.2) is 21.9 Å². The van der Waals surface area contributed by atoms with Gasteiger partial charge in [-0.15, -0.1) is 0 Å². The fraction of sp³-hybridized carbons (Fsp3) is 0.105. The summed E-state index contributed by atoms with van der Waals surface area (Å²) in [5.74, 6) is -0.599. The Labute approximate surface area is 177 Å². The highest BCUT2D eigenvalue weighted by molar-refractivity contribution is 7.80. The molecule has 0 heterocycles. The number of nitro groups is 1. The van der Waals surface area contributed by atoms with Gasteiger partial charge in [0.25, 0.3) is 5.69 Å². The standard InChI is InChI=1S/C19H17ClN4O4S/c1-2-17(25)23-19(29)22-14-7-5-13(6-8-14)21-18(26)10-4-12-3-9-15(20)16(11-12)24(27)28/h3-11H,2H2,1H3,(H,21,26)(H2,22,23,25,29). The van der Waals surface area contributed by atoms with E-state index in [2.05, 4.69) is 16.0 Å². The summed E-state index contributed by atoms with van der Waals surface area (Å²) in [6, 6.07) is 10.9. The van der Waals surface area contributed by atoms with Gasteiger partial charge in [0.1, 0.15) is 5.02 Å². The molecule has 150 valence electrons. The minimum atomic E-state index is -0.589. The number of nitrogens with one attached hydrogen (secondary N) is 3. The molecule has 0 saturated heterocycles. The molecule has 2 aromatic carbocycles. The van der Waals surface area contributed by atoms with Gasteiger partial charge in [-0.3, -0.25) is 19.7 Å². The lowest BCUT2D eigenvalue weighted by Gasteiger charge is -2.09. The van der Waals surface area contributed by atoms with Gasteiger partial charge in [0.05, 0.1) is 4.92 Å². The van der Waals surface area contributed by atoms with Gasteiger partial charge in [-0.25, -0.2) is 0 Å². The van der Waals surface area contributed by atoms with E-state index in [1.165, 1.54) is 24.3 Å². The van der Waals surface area contributed by atoms with Gasteiger partial charge < -0.3 is 16.0 Å². The van der Waals surface area contributed by atoms with Crippen LogP contribution in [0.3, 0.4) is 0 Å². The summed E-state index contributed by atoms with van der Waals surface area (Å²) in [7, 11) is 0. The summed E-state index contributed by atoms with van der Waals surface area (Å²) in [5, 5.41) is 19.2. The first-order valence-electron chi connectivity index (χ1n) is 8.42. The molecule has 0 aliphatic carbocycles. The highest BCUT2D eigenvalue weighted by Crippen LogP contribution is 2.25. The Bertz CT molecular complexity index is 977. The van der Waals surface area contributed by atoms with Crippen molar-refractivity contribution in [2.24, 2.45) is 0 Å². The lowest BCUT2D eigenvalue weighted by molar-refractivity contribution is -0.384. The van der Waals surface area contributed by atoms with Crippen LogP contribution in [0.15, 0.2) is 48.5 Å². The van der Waals surface area contributed by atoms with E-state index in [1.54, 1.807) is 37.3 Å². The Balaban J connectivity index is 1.95. The first-order chi connectivity index (χ1) is 13.8. The molecule has 3 N–H and O–H groups in total. The second kappa shape index (κ2) is 10.3. The number of anilines is 2. The Hall–Kier alpha value is -3.30. The highest BCUT2D eigenvalue weighted by atomic mass is 35.5. The van der Waals surface area contributed by atoms with Crippen LogP contribution in [0.1, 0.15) is 18.9 Å². The van der Waals surface area contributed by atoms with Gasteiger partial charge in [-0.2, -0.15) is 0 Å². The third kappa shape index (κ3) is 6.98. The lowest BCUT2D eigenvalue weighted by Crippen LogP contribution is -2.33. The largest absolute Gasteiger partial charge is 0.332 e. The number of nitrogens with zero attached hydrogens (tertiary/aromatic N) is 1. The molecule has 0 saturated carbocycles. The molecule has 0 radical (unpaired) electrons. The Kier molecular flexibility index (Phi) is 7.81. The number of rotatable bonds is 6. The van der Waals surface area contributed by atoms with Gasteiger partial charge in [0.2, 0.25) is 11.8 Å². The van der Waals surface area contributed by atoms with Crippen molar-refractivity contribution < 1.29 is 14.5 Å². The van der Waals surface area contributed by atoms with Crippen LogP contribution in [0.25, 0.3) is 6.08 Å². The van der Waals surface area contributed by atoms with E-state index in [0.29, 0.717) is 23.4 Å². The fourth-order valence-electron chi connectivity index (χ4n) is 2.14. The van der Waals surface area contributed by atoms with Crippen LogP contribution in [0.4, 0.5) is 17.1 Å². The van der Waals surface area contributed by atoms with E-state index in [0.717, 1.165) is 0 Å².